The Morgan fingerprint density at radius 1 is 1.32 bits per heavy atom. The Bertz CT molecular complexity index is 410. The highest BCUT2D eigenvalue weighted by atomic mass is 16.5. The van der Waals surface area contributed by atoms with Crippen LogP contribution in [-0.4, -0.2) is 44.9 Å². The summed E-state index contributed by atoms with van der Waals surface area (Å²) in [4.78, 5) is 13.4. The number of carbonyl (C=O) groups is 1. The molecule has 0 saturated carbocycles. The monoisotopic (exact) mass is 264 g/mol. The Morgan fingerprint density at radius 2 is 1.95 bits per heavy atom. The van der Waals surface area contributed by atoms with Crippen LogP contribution in [0, 0.1) is 6.92 Å². The number of hydrogen-bond acceptors (Lipinski definition) is 3. The first-order valence-electron chi connectivity index (χ1n) is 6.84. The molecule has 1 aliphatic rings. The van der Waals surface area contributed by atoms with Crippen LogP contribution in [0.25, 0.3) is 0 Å². The lowest BCUT2D eigenvalue weighted by Gasteiger charge is -2.26. The first-order chi connectivity index (χ1) is 9.15. The van der Waals surface area contributed by atoms with Gasteiger partial charge in [0.2, 0.25) is 0 Å². The number of hydrogen-bond donors (Lipinski definition) is 1. The van der Waals surface area contributed by atoms with Crippen LogP contribution in [0.2, 0.25) is 0 Å². The molecular weight excluding hydrogens is 242 g/mol. The molecule has 0 aliphatic carbocycles. The number of benzene rings is 1. The molecule has 1 fully saturated rings. The highest BCUT2D eigenvalue weighted by Crippen LogP contribution is 2.06. The Balaban J connectivity index is 1.82. The molecule has 104 valence electrons. The third-order valence-corrected chi connectivity index (χ3v) is 3.37. The Morgan fingerprint density at radius 3 is 2.58 bits per heavy atom. The van der Waals surface area contributed by atoms with Gasteiger partial charge in [0.25, 0.3) is 0 Å². The molecule has 0 amide bonds. The van der Waals surface area contributed by atoms with E-state index in [4.69, 9.17) is 9.47 Å². The summed E-state index contributed by atoms with van der Waals surface area (Å²) in [6, 6.07) is 7.47. The third kappa shape index (κ3) is 4.33. The van der Waals surface area contributed by atoms with E-state index in [2.05, 4.69) is 0 Å². The second kappa shape index (κ2) is 6.68. The number of aryl methyl sites for hydroxylation is 1. The maximum Gasteiger partial charge on any atom is 0.338 e. The van der Waals surface area contributed by atoms with Crippen molar-refractivity contribution < 1.29 is 19.2 Å². The second-order valence-corrected chi connectivity index (χ2v) is 5.15. The minimum atomic E-state index is -0.236. The highest BCUT2D eigenvalue weighted by molar-refractivity contribution is 5.89. The van der Waals surface area contributed by atoms with Crippen LogP contribution in [0.4, 0.5) is 0 Å². The van der Waals surface area contributed by atoms with Gasteiger partial charge in [-0.2, -0.15) is 0 Å². The number of rotatable bonds is 4. The van der Waals surface area contributed by atoms with E-state index in [9.17, 15) is 4.79 Å². The van der Waals surface area contributed by atoms with Crippen LogP contribution in [-0.2, 0) is 9.47 Å². The molecule has 19 heavy (non-hydrogen) atoms. The molecule has 1 heterocycles. The summed E-state index contributed by atoms with van der Waals surface area (Å²) in [5.41, 5.74) is 1.76. The van der Waals surface area contributed by atoms with Gasteiger partial charge in [-0.25, -0.2) is 4.79 Å². The molecule has 0 aromatic heterocycles. The summed E-state index contributed by atoms with van der Waals surface area (Å²) in [5, 5.41) is 0. The Hall–Kier alpha value is -1.39. The van der Waals surface area contributed by atoms with Crippen molar-refractivity contribution in [1.29, 1.82) is 0 Å². The fourth-order valence-electron chi connectivity index (χ4n) is 2.25. The zero-order valence-corrected chi connectivity index (χ0v) is 11.6. The fourth-order valence-corrected chi connectivity index (χ4v) is 2.25. The molecule has 2 rings (SSSR count). The summed E-state index contributed by atoms with van der Waals surface area (Å²) in [6.07, 6.45) is -0.0677. The predicted octanol–water partition coefficient (Wildman–Crippen LogP) is 0.455. The van der Waals surface area contributed by atoms with Gasteiger partial charge in [-0.3, -0.25) is 0 Å². The van der Waals surface area contributed by atoms with E-state index < -0.39 is 0 Å². The molecule has 1 aromatic carbocycles. The van der Waals surface area contributed by atoms with Gasteiger partial charge in [0, 0.05) is 0 Å². The number of carbonyl (C=O) groups excluding carboxylic acids is 1. The van der Waals surface area contributed by atoms with Gasteiger partial charge in [-0.1, -0.05) is 17.7 Å². The van der Waals surface area contributed by atoms with E-state index in [1.54, 1.807) is 0 Å². The van der Waals surface area contributed by atoms with Gasteiger partial charge < -0.3 is 14.4 Å². The standard InChI is InChI=1S/C15H21NO3/c1-12-3-5-14(6-4-12)15(17)19-13(2)11-16-7-9-18-10-8-16/h3-6,13H,7-11H2,1-2H3/p+1/t13-/m1/s1. The van der Waals surface area contributed by atoms with Crippen molar-refractivity contribution in [2.24, 2.45) is 0 Å². The van der Waals surface area contributed by atoms with Crippen LogP contribution in [0.3, 0.4) is 0 Å². The first kappa shape index (κ1) is 14.0. The molecule has 1 aromatic rings. The molecule has 0 spiro atoms. The minimum Gasteiger partial charge on any atom is -0.453 e. The fraction of sp³-hybridized carbons (Fsp3) is 0.533. The molecule has 0 radical (unpaired) electrons. The zero-order valence-electron chi connectivity index (χ0n) is 11.6. The van der Waals surface area contributed by atoms with Crippen LogP contribution in [0.15, 0.2) is 24.3 Å². The molecular formula is C15H22NO3+. The van der Waals surface area contributed by atoms with E-state index in [1.165, 1.54) is 4.90 Å². The van der Waals surface area contributed by atoms with Crippen molar-refractivity contribution in [1.82, 2.24) is 0 Å². The molecule has 1 saturated heterocycles. The smallest absolute Gasteiger partial charge is 0.338 e. The summed E-state index contributed by atoms with van der Waals surface area (Å²) in [5.74, 6) is -0.236. The van der Waals surface area contributed by atoms with Gasteiger partial charge >= 0.3 is 5.97 Å². The van der Waals surface area contributed by atoms with Crippen LogP contribution >= 0.6 is 0 Å². The lowest BCUT2D eigenvalue weighted by atomic mass is 10.1. The van der Waals surface area contributed by atoms with Crippen LogP contribution < -0.4 is 4.90 Å². The van der Waals surface area contributed by atoms with Gasteiger partial charge in [-0.15, -0.1) is 0 Å². The van der Waals surface area contributed by atoms with E-state index in [0.29, 0.717) is 5.56 Å². The van der Waals surface area contributed by atoms with Gasteiger partial charge in [-0.05, 0) is 26.0 Å². The lowest BCUT2D eigenvalue weighted by Crippen LogP contribution is -3.15. The van der Waals surface area contributed by atoms with Crippen molar-refractivity contribution in [3.63, 3.8) is 0 Å². The predicted molar refractivity (Wildman–Crippen MR) is 72.4 cm³/mol. The summed E-state index contributed by atoms with van der Waals surface area (Å²) in [7, 11) is 0. The van der Waals surface area contributed by atoms with Crippen molar-refractivity contribution in [3.05, 3.63) is 35.4 Å². The highest BCUT2D eigenvalue weighted by Gasteiger charge is 2.20. The maximum atomic E-state index is 12.0. The largest absolute Gasteiger partial charge is 0.453 e. The molecule has 0 bridgehead atoms. The first-order valence-corrected chi connectivity index (χ1v) is 6.84. The number of quaternary nitrogens is 1. The third-order valence-electron chi connectivity index (χ3n) is 3.37. The number of esters is 1. The molecule has 4 heteroatoms. The van der Waals surface area contributed by atoms with Crippen LogP contribution in [0.1, 0.15) is 22.8 Å². The maximum absolute atomic E-state index is 12.0. The molecule has 1 N–H and O–H groups in total. The summed E-state index contributed by atoms with van der Waals surface area (Å²) < 4.78 is 10.8. The number of ether oxygens (including phenoxy) is 2. The normalized spacial score (nSPS) is 18.0. The average molecular weight is 264 g/mol. The van der Waals surface area contributed by atoms with E-state index >= 15 is 0 Å². The molecule has 0 unspecified atom stereocenters. The van der Waals surface area contributed by atoms with Crippen molar-refractivity contribution in [2.45, 2.75) is 20.0 Å². The van der Waals surface area contributed by atoms with Crippen molar-refractivity contribution in [2.75, 3.05) is 32.8 Å². The van der Waals surface area contributed by atoms with E-state index in [1.807, 2.05) is 38.1 Å². The quantitative estimate of drug-likeness (QED) is 0.803. The summed E-state index contributed by atoms with van der Waals surface area (Å²) >= 11 is 0. The second-order valence-electron chi connectivity index (χ2n) is 5.15. The van der Waals surface area contributed by atoms with Gasteiger partial charge in [0.1, 0.15) is 25.7 Å². The number of nitrogens with one attached hydrogen (secondary N) is 1. The molecule has 1 atom stereocenters. The van der Waals surface area contributed by atoms with Gasteiger partial charge in [0.05, 0.1) is 18.8 Å². The number of morpholine rings is 1. The average Bonchev–Trinajstić information content (AvgIpc) is 2.40. The Kier molecular flexibility index (Phi) is 4.93. The molecule has 4 nitrogen and oxygen atoms in total. The lowest BCUT2D eigenvalue weighted by molar-refractivity contribution is -0.910. The SMILES string of the molecule is Cc1ccc(C(=O)O[C@H](C)C[NH+]2CCOCC2)cc1. The van der Waals surface area contributed by atoms with Crippen molar-refractivity contribution >= 4 is 5.97 Å². The zero-order chi connectivity index (χ0) is 13.7. The molecule has 1 aliphatic heterocycles. The minimum absolute atomic E-state index is 0.0677. The van der Waals surface area contributed by atoms with E-state index in [-0.39, 0.29) is 12.1 Å². The van der Waals surface area contributed by atoms with Gasteiger partial charge in [0.15, 0.2) is 0 Å². The summed E-state index contributed by atoms with van der Waals surface area (Å²) in [6.45, 7) is 8.38. The van der Waals surface area contributed by atoms with E-state index in [0.717, 1.165) is 38.4 Å². The van der Waals surface area contributed by atoms with Crippen molar-refractivity contribution in [3.8, 4) is 0 Å². The van der Waals surface area contributed by atoms with Crippen LogP contribution in [0.5, 0.6) is 0 Å². The topological polar surface area (TPSA) is 40.0 Å². The Labute approximate surface area is 114 Å².